The summed E-state index contributed by atoms with van der Waals surface area (Å²) in [5.41, 5.74) is 1.92. The quantitative estimate of drug-likeness (QED) is 0.276. The standard InChI is InChI=1S/C23H38N4O3/c1-3-6-22(28)27-21-9-7-19(8-10-21)17-26-23(24-4-2)25-13-5-14-30-18-20-11-15-29-16-12-20/h7-10,20H,3-6,11-18H2,1-2H3,(H,27,28)(H2,24,25,26). The zero-order valence-corrected chi connectivity index (χ0v) is 18.5. The van der Waals surface area contributed by atoms with Crippen LogP contribution in [0.2, 0.25) is 0 Å². The highest BCUT2D eigenvalue weighted by Crippen LogP contribution is 2.14. The first kappa shape index (κ1) is 24.2. The average molecular weight is 419 g/mol. The van der Waals surface area contributed by atoms with Crippen molar-refractivity contribution < 1.29 is 14.3 Å². The number of carbonyl (C=O) groups is 1. The third-order valence-corrected chi connectivity index (χ3v) is 4.93. The van der Waals surface area contributed by atoms with Crippen molar-refractivity contribution in [2.24, 2.45) is 10.9 Å². The van der Waals surface area contributed by atoms with Crippen LogP contribution in [0.15, 0.2) is 29.3 Å². The van der Waals surface area contributed by atoms with E-state index in [-0.39, 0.29) is 5.91 Å². The topological polar surface area (TPSA) is 84.0 Å². The second-order valence-corrected chi connectivity index (χ2v) is 7.60. The second kappa shape index (κ2) is 14.8. The Bertz CT molecular complexity index is 628. The lowest BCUT2D eigenvalue weighted by atomic mass is 10.0. The predicted octanol–water partition coefficient (Wildman–Crippen LogP) is 3.31. The Morgan fingerprint density at radius 2 is 1.93 bits per heavy atom. The van der Waals surface area contributed by atoms with Crippen molar-refractivity contribution in [2.75, 3.05) is 44.8 Å². The summed E-state index contributed by atoms with van der Waals surface area (Å²) in [6.45, 7) is 9.61. The first-order valence-electron chi connectivity index (χ1n) is 11.3. The number of guanidine groups is 1. The van der Waals surface area contributed by atoms with Crippen molar-refractivity contribution in [3.05, 3.63) is 29.8 Å². The summed E-state index contributed by atoms with van der Waals surface area (Å²) in [6.07, 6.45) is 4.56. The predicted molar refractivity (Wildman–Crippen MR) is 122 cm³/mol. The molecule has 0 radical (unpaired) electrons. The molecule has 0 spiro atoms. The summed E-state index contributed by atoms with van der Waals surface area (Å²) in [4.78, 5) is 16.3. The highest BCUT2D eigenvalue weighted by atomic mass is 16.5. The molecule has 2 rings (SSSR count). The molecule has 1 aliphatic heterocycles. The third-order valence-electron chi connectivity index (χ3n) is 4.93. The Morgan fingerprint density at radius 3 is 2.63 bits per heavy atom. The fourth-order valence-corrected chi connectivity index (χ4v) is 3.20. The molecule has 30 heavy (non-hydrogen) atoms. The first-order chi connectivity index (χ1) is 14.7. The second-order valence-electron chi connectivity index (χ2n) is 7.60. The smallest absolute Gasteiger partial charge is 0.224 e. The van der Waals surface area contributed by atoms with Crippen LogP contribution in [-0.4, -0.2) is 51.4 Å². The number of amides is 1. The van der Waals surface area contributed by atoms with Crippen LogP contribution in [0.5, 0.6) is 0 Å². The first-order valence-corrected chi connectivity index (χ1v) is 11.3. The summed E-state index contributed by atoms with van der Waals surface area (Å²) >= 11 is 0. The Labute approximate surface area is 181 Å². The van der Waals surface area contributed by atoms with Crippen LogP contribution in [0, 0.1) is 5.92 Å². The summed E-state index contributed by atoms with van der Waals surface area (Å²) < 4.78 is 11.2. The molecule has 1 saturated heterocycles. The molecule has 1 fully saturated rings. The molecule has 0 unspecified atom stereocenters. The number of hydrogen-bond donors (Lipinski definition) is 3. The average Bonchev–Trinajstić information content (AvgIpc) is 2.76. The minimum atomic E-state index is 0.0543. The molecule has 3 N–H and O–H groups in total. The van der Waals surface area contributed by atoms with E-state index in [4.69, 9.17) is 9.47 Å². The highest BCUT2D eigenvalue weighted by Gasteiger charge is 2.13. The minimum absolute atomic E-state index is 0.0543. The SMILES string of the molecule is CCCC(=O)Nc1ccc(CN=C(NCC)NCCCOCC2CCOCC2)cc1. The van der Waals surface area contributed by atoms with E-state index in [1.165, 1.54) is 0 Å². The summed E-state index contributed by atoms with van der Waals surface area (Å²) in [5.74, 6) is 1.51. The van der Waals surface area contributed by atoms with Gasteiger partial charge in [-0.3, -0.25) is 4.79 Å². The number of hydrogen-bond acceptors (Lipinski definition) is 4. The molecular weight excluding hydrogens is 380 g/mol. The maximum Gasteiger partial charge on any atom is 0.224 e. The van der Waals surface area contributed by atoms with E-state index < -0.39 is 0 Å². The maximum atomic E-state index is 11.7. The number of anilines is 1. The highest BCUT2D eigenvalue weighted by molar-refractivity contribution is 5.90. The van der Waals surface area contributed by atoms with Crippen LogP contribution in [0.4, 0.5) is 5.69 Å². The van der Waals surface area contributed by atoms with Gasteiger partial charge in [0.1, 0.15) is 0 Å². The van der Waals surface area contributed by atoms with Crippen LogP contribution in [0.25, 0.3) is 0 Å². The van der Waals surface area contributed by atoms with Gasteiger partial charge in [-0.15, -0.1) is 0 Å². The van der Waals surface area contributed by atoms with Gasteiger partial charge in [-0.1, -0.05) is 19.1 Å². The number of rotatable bonds is 12. The van der Waals surface area contributed by atoms with Crippen LogP contribution in [0.1, 0.15) is 51.5 Å². The zero-order valence-electron chi connectivity index (χ0n) is 18.5. The molecule has 0 atom stereocenters. The Morgan fingerprint density at radius 1 is 1.17 bits per heavy atom. The summed E-state index contributed by atoms with van der Waals surface area (Å²) in [5, 5.41) is 9.54. The molecule has 1 aromatic rings. The van der Waals surface area contributed by atoms with Gasteiger partial charge < -0.3 is 25.4 Å². The number of benzene rings is 1. The monoisotopic (exact) mass is 418 g/mol. The largest absolute Gasteiger partial charge is 0.381 e. The van der Waals surface area contributed by atoms with Crippen LogP contribution in [-0.2, 0) is 20.8 Å². The van der Waals surface area contributed by atoms with Gasteiger partial charge in [-0.25, -0.2) is 4.99 Å². The van der Waals surface area contributed by atoms with E-state index in [0.29, 0.717) is 18.9 Å². The van der Waals surface area contributed by atoms with Gasteiger partial charge in [0, 0.05) is 51.6 Å². The van der Waals surface area contributed by atoms with E-state index in [0.717, 1.165) is 82.4 Å². The van der Waals surface area contributed by atoms with Gasteiger partial charge in [0.2, 0.25) is 5.91 Å². The van der Waals surface area contributed by atoms with Crippen molar-refractivity contribution in [1.29, 1.82) is 0 Å². The van der Waals surface area contributed by atoms with Crippen molar-refractivity contribution in [2.45, 2.75) is 52.5 Å². The molecule has 1 aliphatic rings. The van der Waals surface area contributed by atoms with Crippen molar-refractivity contribution in [3.63, 3.8) is 0 Å². The number of aliphatic imine (C=N–C) groups is 1. The molecule has 1 amide bonds. The van der Waals surface area contributed by atoms with Crippen LogP contribution >= 0.6 is 0 Å². The van der Waals surface area contributed by atoms with Crippen molar-refractivity contribution >= 4 is 17.6 Å². The zero-order chi connectivity index (χ0) is 21.4. The van der Waals surface area contributed by atoms with Crippen molar-refractivity contribution in [3.8, 4) is 0 Å². The molecule has 1 aromatic carbocycles. The maximum absolute atomic E-state index is 11.7. The molecule has 0 saturated carbocycles. The lowest BCUT2D eigenvalue weighted by molar-refractivity contribution is -0.116. The molecule has 1 heterocycles. The molecule has 0 aromatic heterocycles. The Kier molecular flexibility index (Phi) is 11.9. The van der Waals surface area contributed by atoms with Gasteiger partial charge in [0.25, 0.3) is 0 Å². The number of carbonyl (C=O) groups excluding carboxylic acids is 1. The van der Waals surface area contributed by atoms with Gasteiger partial charge in [0.15, 0.2) is 5.96 Å². The Hall–Kier alpha value is -2.12. The Balaban J connectivity index is 1.67. The van der Waals surface area contributed by atoms with Crippen LogP contribution in [0.3, 0.4) is 0 Å². The fourth-order valence-electron chi connectivity index (χ4n) is 3.20. The molecule has 168 valence electrons. The lowest BCUT2D eigenvalue weighted by Crippen LogP contribution is -2.38. The van der Waals surface area contributed by atoms with E-state index in [2.05, 4.69) is 27.9 Å². The summed E-state index contributed by atoms with van der Waals surface area (Å²) in [6, 6.07) is 7.85. The summed E-state index contributed by atoms with van der Waals surface area (Å²) in [7, 11) is 0. The van der Waals surface area contributed by atoms with E-state index in [1.54, 1.807) is 0 Å². The molecular formula is C23H38N4O3. The van der Waals surface area contributed by atoms with Crippen LogP contribution < -0.4 is 16.0 Å². The van der Waals surface area contributed by atoms with Gasteiger partial charge >= 0.3 is 0 Å². The number of ether oxygens (including phenoxy) is 2. The van der Waals surface area contributed by atoms with Crippen molar-refractivity contribution in [1.82, 2.24) is 10.6 Å². The molecule has 0 aliphatic carbocycles. The fraction of sp³-hybridized carbons (Fsp3) is 0.652. The third kappa shape index (κ3) is 10.1. The normalized spacial score (nSPS) is 15.1. The molecule has 0 bridgehead atoms. The van der Waals surface area contributed by atoms with E-state index in [9.17, 15) is 4.79 Å². The molecule has 7 heteroatoms. The minimum Gasteiger partial charge on any atom is -0.381 e. The van der Waals surface area contributed by atoms with E-state index in [1.807, 2.05) is 31.2 Å². The van der Waals surface area contributed by atoms with Gasteiger partial charge in [-0.2, -0.15) is 0 Å². The number of nitrogens with one attached hydrogen (secondary N) is 3. The van der Waals surface area contributed by atoms with E-state index >= 15 is 0 Å². The van der Waals surface area contributed by atoms with Gasteiger partial charge in [-0.05, 0) is 56.2 Å². The lowest BCUT2D eigenvalue weighted by Gasteiger charge is -2.21. The van der Waals surface area contributed by atoms with Gasteiger partial charge in [0.05, 0.1) is 6.54 Å². The number of nitrogens with zero attached hydrogens (tertiary/aromatic N) is 1. The molecule has 7 nitrogen and oxygen atoms in total.